The van der Waals surface area contributed by atoms with Crippen molar-refractivity contribution in [2.45, 2.75) is 39.2 Å². The third-order valence-corrected chi connectivity index (χ3v) is 21.5. The minimum absolute atomic E-state index is 1.08. The molecule has 3 heterocycles. The van der Waals surface area contributed by atoms with Crippen LogP contribution < -0.4 is 10.0 Å². The van der Waals surface area contributed by atoms with Gasteiger partial charge in [0.2, 0.25) is 0 Å². The summed E-state index contributed by atoms with van der Waals surface area (Å²) in [7, 11) is -3.85. The number of benzene rings is 10. The molecule has 1 aromatic heterocycles. The minimum Gasteiger partial charge on any atom is -0.309 e. The van der Waals surface area contributed by atoms with Gasteiger partial charge in [-0.15, -0.1) is 20.1 Å². The number of rotatable bonds is 10. The van der Waals surface area contributed by atoms with Crippen LogP contribution in [0, 0.1) is 0 Å². The SMILES string of the molecule is C1=CN2c3ccccc3N(c3ccc4c(c3)c3ccc(S(c5ccccc5)(c5ccccc5)c5ccccc5)cc3n4-c3ccc(S(c4ccccc4)(c4ccccc4)c4ccccc4)cc3)N2C=C1. The molecule has 70 heavy (non-hydrogen) atoms. The van der Waals surface area contributed by atoms with Gasteiger partial charge in [-0.2, -0.15) is 5.12 Å². The molecule has 0 fully saturated rings. The van der Waals surface area contributed by atoms with Crippen LogP contribution in [-0.2, 0) is 0 Å². The van der Waals surface area contributed by atoms with Crippen LogP contribution in [0.3, 0.4) is 0 Å². The van der Waals surface area contributed by atoms with Crippen molar-refractivity contribution in [1.29, 1.82) is 0 Å². The second-order valence-electron chi connectivity index (χ2n) is 17.5. The van der Waals surface area contributed by atoms with Gasteiger partial charge in [-0.25, -0.2) is 10.0 Å². The van der Waals surface area contributed by atoms with Gasteiger partial charge >= 0.3 is 0 Å². The van der Waals surface area contributed by atoms with Crippen LogP contribution in [0.4, 0.5) is 17.1 Å². The molecular weight excluding hydrogens is 889 g/mol. The maximum atomic E-state index is 2.51. The second-order valence-corrected chi connectivity index (χ2v) is 23.7. The van der Waals surface area contributed by atoms with Gasteiger partial charge in [0.15, 0.2) is 0 Å². The standard InChI is InChI=1S/C64H48N4S2/c1-7-23-51(24-8-1)69(52-25-9-2-10-26-52,53-27-11-3-12-28-53)57-40-37-49(38-41-57)67-61-44-39-50(68-63-36-20-19-35-62(63)65-45-21-22-46-66(65)68)47-60(61)59-43-42-58(48-64(59)67)70(54-29-13-4-14-30-54,55-31-15-5-16-32-55)56-33-17-6-18-34-56/h1-48H. The number of anilines is 3. The number of hydrogen-bond acceptors (Lipinski definition) is 3. The van der Waals surface area contributed by atoms with Crippen molar-refractivity contribution in [2.75, 3.05) is 10.0 Å². The quantitative estimate of drug-likeness (QED) is 0.136. The lowest BCUT2D eigenvalue weighted by Crippen LogP contribution is -2.40. The summed E-state index contributed by atoms with van der Waals surface area (Å²) >= 11 is 0. The molecular formula is C64H48N4S2. The Hall–Kier alpha value is -8.42. The topological polar surface area (TPSA) is 14.7 Å². The number of nitrogens with zero attached hydrogens (tertiary/aromatic N) is 4. The molecule has 13 rings (SSSR count). The molecule has 0 saturated carbocycles. The van der Waals surface area contributed by atoms with Crippen LogP contribution in [0.5, 0.6) is 0 Å². The second kappa shape index (κ2) is 17.3. The average molecular weight is 937 g/mol. The van der Waals surface area contributed by atoms with Crippen LogP contribution in [0.15, 0.2) is 331 Å². The summed E-state index contributed by atoms with van der Waals surface area (Å²) in [5.74, 6) is 0. The van der Waals surface area contributed by atoms with Crippen molar-refractivity contribution in [3.05, 3.63) is 291 Å². The van der Waals surface area contributed by atoms with Crippen LogP contribution in [-0.4, -0.2) is 9.69 Å². The molecule has 11 aromatic rings. The van der Waals surface area contributed by atoms with Crippen LogP contribution in [0.1, 0.15) is 0 Å². The van der Waals surface area contributed by atoms with E-state index < -0.39 is 20.1 Å². The molecule has 0 amide bonds. The maximum absolute atomic E-state index is 2.51. The van der Waals surface area contributed by atoms with Crippen LogP contribution in [0.2, 0.25) is 0 Å². The smallest absolute Gasteiger partial charge is 0.0909 e. The van der Waals surface area contributed by atoms with E-state index in [2.05, 4.69) is 311 Å². The third-order valence-electron chi connectivity index (χ3n) is 13.7. The van der Waals surface area contributed by atoms with E-state index >= 15 is 0 Å². The molecule has 0 radical (unpaired) electrons. The molecule has 6 heteroatoms. The van der Waals surface area contributed by atoms with Gasteiger partial charge in [-0.05, 0) is 152 Å². The van der Waals surface area contributed by atoms with Gasteiger partial charge < -0.3 is 4.57 Å². The molecule has 0 bridgehead atoms. The van der Waals surface area contributed by atoms with E-state index in [1.165, 1.54) is 49.9 Å². The Morgan fingerprint density at radius 2 is 0.671 bits per heavy atom. The number of aromatic nitrogens is 1. The zero-order chi connectivity index (χ0) is 46.5. The zero-order valence-electron chi connectivity index (χ0n) is 38.3. The van der Waals surface area contributed by atoms with Crippen molar-refractivity contribution < 1.29 is 0 Å². The number of hydrazine groups is 2. The van der Waals surface area contributed by atoms with Crippen molar-refractivity contribution >= 4 is 58.9 Å². The Morgan fingerprint density at radius 1 is 0.271 bits per heavy atom. The van der Waals surface area contributed by atoms with E-state index in [-0.39, 0.29) is 0 Å². The van der Waals surface area contributed by atoms with Gasteiger partial charge in [0.1, 0.15) is 0 Å². The first-order chi connectivity index (χ1) is 34.7. The predicted molar refractivity (Wildman–Crippen MR) is 292 cm³/mol. The first-order valence-corrected chi connectivity index (χ1v) is 27.0. The van der Waals surface area contributed by atoms with Crippen molar-refractivity contribution in [2.24, 2.45) is 0 Å². The first kappa shape index (κ1) is 41.7. The van der Waals surface area contributed by atoms with Gasteiger partial charge in [0.25, 0.3) is 0 Å². The molecule has 336 valence electrons. The van der Waals surface area contributed by atoms with Gasteiger partial charge in [-0.3, -0.25) is 0 Å². The van der Waals surface area contributed by atoms with Gasteiger partial charge in [-0.1, -0.05) is 127 Å². The average Bonchev–Trinajstić information content (AvgIpc) is 3.95. The summed E-state index contributed by atoms with van der Waals surface area (Å²) in [5, 5.41) is 9.10. The highest BCUT2D eigenvalue weighted by molar-refractivity contribution is 8.34. The fourth-order valence-corrected chi connectivity index (χ4v) is 18.5. The molecule has 0 spiro atoms. The molecule has 0 aliphatic carbocycles. The Bertz CT molecular complexity index is 3520. The summed E-state index contributed by atoms with van der Waals surface area (Å²) in [5.41, 5.74) is 6.77. The number of hydrogen-bond donors (Lipinski definition) is 0. The largest absolute Gasteiger partial charge is 0.309 e. The molecule has 2 aliphatic rings. The lowest BCUT2D eigenvalue weighted by Gasteiger charge is -2.42. The molecule has 0 unspecified atom stereocenters. The zero-order valence-corrected chi connectivity index (χ0v) is 40.0. The Morgan fingerprint density at radius 3 is 1.17 bits per heavy atom. The summed E-state index contributed by atoms with van der Waals surface area (Å²) in [6.45, 7) is 0. The van der Waals surface area contributed by atoms with Crippen molar-refractivity contribution in [3.63, 3.8) is 0 Å². The maximum Gasteiger partial charge on any atom is 0.0909 e. The fourth-order valence-electron chi connectivity index (χ4n) is 10.7. The van der Waals surface area contributed by atoms with Gasteiger partial charge in [0.05, 0.1) is 28.1 Å². The summed E-state index contributed by atoms with van der Waals surface area (Å²) in [6.07, 6.45) is 8.43. The van der Waals surface area contributed by atoms with E-state index in [0.717, 1.165) is 33.8 Å². The minimum atomic E-state index is -1.97. The van der Waals surface area contributed by atoms with E-state index in [0.29, 0.717) is 0 Å². The number of allylic oxidation sites excluding steroid dienone is 2. The molecule has 0 N–H and O–H groups in total. The van der Waals surface area contributed by atoms with Crippen molar-refractivity contribution in [1.82, 2.24) is 9.69 Å². The van der Waals surface area contributed by atoms with E-state index in [4.69, 9.17) is 0 Å². The Kier molecular flexibility index (Phi) is 10.3. The number of para-hydroxylation sites is 2. The van der Waals surface area contributed by atoms with E-state index in [1.54, 1.807) is 0 Å². The first-order valence-electron chi connectivity index (χ1n) is 23.7. The highest BCUT2D eigenvalue weighted by atomic mass is 32.3. The molecule has 0 atom stereocenters. The normalized spacial score (nSPS) is 13.7. The monoisotopic (exact) mass is 936 g/mol. The van der Waals surface area contributed by atoms with Crippen LogP contribution in [0.25, 0.3) is 27.5 Å². The molecule has 0 saturated heterocycles. The predicted octanol–water partition coefficient (Wildman–Crippen LogP) is 17.6. The summed E-state index contributed by atoms with van der Waals surface area (Å²) in [4.78, 5) is 10.4. The fraction of sp³-hybridized carbons (Fsp3) is 0. The van der Waals surface area contributed by atoms with E-state index in [1.807, 2.05) is 0 Å². The molecule has 2 aliphatic heterocycles. The Balaban J connectivity index is 1.07. The van der Waals surface area contributed by atoms with Crippen molar-refractivity contribution in [3.8, 4) is 5.69 Å². The highest BCUT2D eigenvalue weighted by Gasteiger charge is 2.37. The summed E-state index contributed by atoms with van der Waals surface area (Å²) < 4.78 is 2.51. The molecule has 10 aromatic carbocycles. The highest BCUT2D eigenvalue weighted by Crippen LogP contribution is 2.75. The lowest BCUT2D eigenvalue weighted by molar-refractivity contribution is 0.408. The van der Waals surface area contributed by atoms with Gasteiger partial charge in [0, 0.05) is 68.0 Å². The lowest BCUT2D eigenvalue weighted by atomic mass is 10.1. The number of fused-ring (bicyclic) bond motifs is 6. The third kappa shape index (κ3) is 6.48. The Labute approximate surface area is 412 Å². The molecule has 4 nitrogen and oxygen atoms in total. The van der Waals surface area contributed by atoms with E-state index in [9.17, 15) is 0 Å². The van der Waals surface area contributed by atoms with Crippen LogP contribution >= 0.6 is 20.1 Å². The summed E-state index contributed by atoms with van der Waals surface area (Å²) in [6, 6.07) is 99.2.